The van der Waals surface area contributed by atoms with Gasteiger partial charge >= 0.3 is 12.1 Å². The van der Waals surface area contributed by atoms with E-state index in [-0.39, 0.29) is 64.3 Å². The Morgan fingerprint density at radius 2 is 1.31 bits per heavy atom. The Bertz CT molecular complexity index is 1520. The molecule has 2 amide bonds. The normalized spacial score (nSPS) is 17.4. The van der Waals surface area contributed by atoms with Crippen molar-refractivity contribution in [2.45, 2.75) is 31.9 Å². The monoisotopic (exact) mass is 678 g/mol. The highest BCUT2D eigenvalue weighted by Gasteiger charge is 2.42. The van der Waals surface area contributed by atoms with Gasteiger partial charge in [0.25, 0.3) is 11.8 Å². The van der Waals surface area contributed by atoms with Crippen molar-refractivity contribution in [3.8, 4) is 0 Å². The lowest BCUT2D eigenvalue weighted by molar-refractivity contribution is -0.204. The van der Waals surface area contributed by atoms with Crippen LogP contribution < -0.4 is 44.8 Å². The van der Waals surface area contributed by atoms with Crippen molar-refractivity contribution in [1.29, 1.82) is 0 Å². The van der Waals surface area contributed by atoms with Gasteiger partial charge in [0, 0.05) is 13.1 Å². The van der Waals surface area contributed by atoms with E-state index in [9.17, 15) is 27.6 Å². The summed E-state index contributed by atoms with van der Waals surface area (Å²) >= 11 is 11.6. The molecule has 0 saturated heterocycles. The first-order valence-corrected chi connectivity index (χ1v) is 13.5. The number of amides is 2. The van der Waals surface area contributed by atoms with Gasteiger partial charge in [0.15, 0.2) is 50.9 Å². The van der Waals surface area contributed by atoms with Crippen molar-refractivity contribution in [1.82, 2.24) is 36.0 Å². The number of hydrogen-bond acceptors (Lipinski definition) is 14. The molecule has 0 aromatic carbocycles. The van der Waals surface area contributed by atoms with Crippen LogP contribution >= 0.6 is 23.2 Å². The second-order valence-corrected chi connectivity index (χ2v) is 10.2. The first-order chi connectivity index (χ1) is 21.0. The lowest BCUT2D eigenvalue weighted by Gasteiger charge is -2.27. The summed E-state index contributed by atoms with van der Waals surface area (Å²) in [6.45, 7) is 0.189. The first kappa shape index (κ1) is 34.6. The molecule has 0 spiro atoms. The fraction of sp³-hybridized carbons (Fsp3) is 0.409. The van der Waals surface area contributed by atoms with Crippen molar-refractivity contribution in [3.05, 3.63) is 21.7 Å². The number of nitrogens with two attached hydrogens (primary N) is 5. The maximum absolute atomic E-state index is 12.7. The number of halogens is 5. The molecule has 3 rings (SSSR count). The summed E-state index contributed by atoms with van der Waals surface area (Å²) in [4.78, 5) is 63.5. The van der Waals surface area contributed by atoms with Crippen LogP contribution in [0.15, 0.2) is 9.98 Å². The third-order valence-electron chi connectivity index (χ3n) is 6.10. The molecule has 0 radical (unpaired) electrons. The van der Waals surface area contributed by atoms with Gasteiger partial charge in [-0.15, -0.1) is 0 Å². The van der Waals surface area contributed by atoms with Crippen LogP contribution in [0.4, 0.5) is 36.4 Å². The summed E-state index contributed by atoms with van der Waals surface area (Å²) in [5.74, 6) is -6.61. The number of hydroxylamine groups is 1. The molecule has 2 atom stereocenters. The van der Waals surface area contributed by atoms with E-state index in [1.165, 1.54) is 0 Å². The number of rotatable bonds is 6. The predicted molar refractivity (Wildman–Crippen MR) is 156 cm³/mol. The average Bonchev–Trinajstić information content (AvgIpc) is 2.96. The van der Waals surface area contributed by atoms with Gasteiger partial charge in [0.05, 0.1) is 0 Å². The fourth-order valence-electron chi connectivity index (χ4n) is 4.03. The molecule has 2 unspecified atom stereocenters. The molecule has 244 valence electrons. The molecule has 2 aromatic heterocycles. The van der Waals surface area contributed by atoms with Crippen LogP contribution in [0.1, 0.15) is 46.7 Å². The van der Waals surface area contributed by atoms with E-state index in [0.717, 1.165) is 12.8 Å². The Balaban J connectivity index is 1.65. The highest BCUT2D eigenvalue weighted by molar-refractivity contribution is 6.32. The number of guanidine groups is 2. The Morgan fingerprint density at radius 3 is 1.82 bits per heavy atom. The minimum atomic E-state index is -5.33. The first-order valence-electron chi connectivity index (χ1n) is 12.7. The number of nitrogens with one attached hydrogen (secondary N) is 3. The molecule has 23 heteroatoms. The summed E-state index contributed by atoms with van der Waals surface area (Å²) < 4.78 is 37.9. The van der Waals surface area contributed by atoms with Crippen molar-refractivity contribution in [3.63, 3.8) is 0 Å². The van der Waals surface area contributed by atoms with E-state index in [4.69, 9.17) is 51.9 Å². The molecule has 1 aliphatic carbocycles. The summed E-state index contributed by atoms with van der Waals surface area (Å²) in [7, 11) is 0. The third kappa shape index (κ3) is 9.79. The Morgan fingerprint density at radius 1 is 0.822 bits per heavy atom. The summed E-state index contributed by atoms with van der Waals surface area (Å²) in [5.41, 5.74) is 29.0. The molecular formula is C22H27Cl2F3N14O4. The highest BCUT2D eigenvalue weighted by Crippen LogP contribution is 2.29. The van der Waals surface area contributed by atoms with Crippen LogP contribution in [-0.4, -0.2) is 68.9 Å². The number of aromatic nitrogens is 4. The second-order valence-electron chi connectivity index (χ2n) is 9.48. The smallest absolute Gasteiger partial charge is 0.382 e. The van der Waals surface area contributed by atoms with E-state index in [2.05, 4.69) is 45.4 Å². The zero-order valence-electron chi connectivity index (χ0n) is 23.0. The van der Waals surface area contributed by atoms with Gasteiger partial charge in [-0.05, 0) is 31.1 Å². The molecule has 1 fully saturated rings. The van der Waals surface area contributed by atoms with Crippen LogP contribution in [0, 0.1) is 11.8 Å². The summed E-state index contributed by atoms with van der Waals surface area (Å²) in [6, 6.07) is 0. The number of alkyl halides is 3. The van der Waals surface area contributed by atoms with Gasteiger partial charge in [-0.2, -0.15) is 18.7 Å². The number of nitrogen functional groups attached to an aromatic ring is 4. The van der Waals surface area contributed by atoms with Gasteiger partial charge in [-0.3, -0.25) is 30.2 Å². The number of carbonyl (C=O) groups excluding carboxylic acids is 3. The van der Waals surface area contributed by atoms with Gasteiger partial charge in [-0.1, -0.05) is 29.6 Å². The van der Waals surface area contributed by atoms with Gasteiger partial charge in [-0.25, -0.2) is 24.7 Å². The Labute approximate surface area is 261 Å². The van der Waals surface area contributed by atoms with Gasteiger partial charge in [0.1, 0.15) is 0 Å². The molecule has 1 aliphatic rings. The van der Waals surface area contributed by atoms with E-state index < -0.39 is 41.4 Å². The lowest BCUT2D eigenvalue weighted by atomic mass is 9.81. The molecule has 1 saturated carbocycles. The minimum absolute atomic E-state index is 0.0158. The lowest BCUT2D eigenvalue weighted by Crippen LogP contribution is -2.44. The van der Waals surface area contributed by atoms with E-state index in [0.29, 0.717) is 12.8 Å². The van der Waals surface area contributed by atoms with Crippen LogP contribution in [-0.2, 0) is 9.63 Å². The molecule has 0 aliphatic heterocycles. The molecule has 45 heavy (non-hydrogen) atoms. The minimum Gasteiger partial charge on any atom is -0.382 e. The Kier molecular flexibility index (Phi) is 11.3. The molecule has 2 heterocycles. The SMILES string of the molecule is NC(=NCC1CCCC(CN=C(NOC(=O)C(F)(F)F)NC(=O)c2nc(Cl)c(N)nc2N)C1)NC(=O)c1nc(Cl)c(N)nc1N. The zero-order chi connectivity index (χ0) is 33.5. The van der Waals surface area contributed by atoms with E-state index in [1.54, 1.807) is 5.48 Å². The van der Waals surface area contributed by atoms with E-state index >= 15 is 0 Å². The van der Waals surface area contributed by atoms with Crippen molar-refractivity contribution in [2.75, 3.05) is 36.0 Å². The zero-order valence-corrected chi connectivity index (χ0v) is 24.5. The molecule has 2 aromatic rings. The maximum Gasteiger partial charge on any atom is 0.493 e. The number of hydrogen-bond donors (Lipinski definition) is 8. The van der Waals surface area contributed by atoms with Gasteiger partial charge < -0.3 is 33.5 Å². The second kappa shape index (κ2) is 14.7. The van der Waals surface area contributed by atoms with Crippen LogP contribution in [0.5, 0.6) is 0 Å². The highest BCUT2D eigenvalue weighted by atomic mass is 35.5. The van der Waals surface area contributed by atoms with Crippen molar-refractivity contribution < 1.29 is 32.4 Å². The fourth-order valence-corrected chi connectivity index (χ4v) is 4.28. The van der Waals surface area contributed by atoms with E-state index in [1.807, 2.05) is 0 Å². The number of aliphatic imine (C=N–C) groups is 2. The van der Waals surface area contributed by atoms with Crippen LogP contribution in [0.2, 0.25) is 10.3 Å². The van der Waals surface area contributed by atoms with Crippen LogP contribution in [0.25, 0.3) is 0 Å². The maximum atomic E-state index is 12.7. The molecule has 13 N–H and O–H groups in total. The quantitative estimate of drug-likeness (QED) is 0.115. The average molecular weight is 679 g/mol. The van der Waals surface area contributed by atoms with Gasteiger partial charge in [0.2, 0.25) is 5.96 Å². The number of anilines is 4. The van der Waals surface area contributed by atoms with Crippen molar-refractivity contribution >= 4 is 76.2 Å². The largest absolute Gasteiger partial charge is 0.493 e. The molecule has 0 bridgehead atoms. The molecule has 18 nitrogen and oxygen atoms in total. The standard InChI is InChI=1S/C22H27Cl2F3N14O4/c23-11-15(30)37-13(28)9(35-11)17(42)39-20(32)33-5-7-2-1-3-8(4-7)6-34-21(41-45-19(44)22(25,26)27)40-18(43)10-14(29)38-16(31)12(24)36-10/h7-8H,1-6H2,(H4,28,30,37)(H4,29,31,38)(H3,32,33,39,42)(H2,34,40,41,43). The topological polar surface area (TPSA) is 303 Å². The number of nitrogens with zero attached hydrogens (tertiary/aromatic N) is 6. The summed E-state index contributed by atoms with van der Waals surface area (Å²) in [6.07, 6.45) is -2.64. The van der Waals surface area contributed by atoms with Crippen LogP contribution in [0.3, 0.4) is 0 Å². The predicted octanol–water partition coefficient (Wildman–Crippen LogP) is 0.149. The Hall–Kier alpha value is -4.92. The number of carbonyl (C=O) groups is 3. The molecular weight excluding hydrogens is 652 g/mol. The summed E-state index contributed by atoms with van der Waals surface area (Å²) in [5, 5.41) is 3.88. The third-order valence-corrected chi connectivity index (χ3v) is 6.66. The van der Waals surface area contributed by atoms with Crippen molar-refractivity contribution in [2.24, 2.45) is 27.6 Å².